The van der Waals surface area contributed by atoms with E-state index in [-0.39, 0.29) is 5.69 Å². The van der Waals surface area contributed by atoms with Crippen LogP contribution >= 0.6 is 0 Å². The van der Waals surface area contributed by atoms with Gasteiger partial charge in [0.15, 0.2) is 0 Å². The lowest BCUT2D eigenvalue weighted by molar-refractivity contribution is -0.385. The fraction of sp³-hybridized carbons (Fsp3) is 0.222. The Morgan fingerprint density at radius 1 is 1.60 bits per heavy atom. The lowest BCUT2D eigenvalue weighted by Gasteiger charge is -2.07. The maximum atomic E-state index is 10.6. The van der Waals surface area contributed by atoms with Crippen molar-refractivity contribution >= 4 is 11.7 Å². The van der Waals surface area contributed by atoms with Gasteiger partial charge in [0.2, 0.25) is 0 Å². The van der Waals surface area contributed by atoms with E-state index in [4.69, 9.17) is 10.8 Å². The Hall–Kier alpha value is -1.95. The van der Waals surface area contributed by atoms with Crippen molar-refractivity contribution in [3.05, 3.63) is 39.4 Å². The Bertz CT molecular complexity index is 417. The van der Waals surface area contributed by atoms with Gasteiger partial charge in [0.05, 0.1) is 4.92 Å². The first-order chi connectivity index (χ1) is 6.93. The highest BCUT2D eigenvalue weighted by atomic mass is 16.6. The van der Waals surface area contributed by atoms with E-state index in [1.165, 1.54) is 25.1 Å². The maximum absolute atomic E-state index is 10.6. The number of hydrogen-bond donors (Lipinski definition) is 2. The van der Waals surface area contributed by atoms with Crippen molar-refractivity contribution in [3.63, 3.8) is 0 Å². The molecule has 0 fully saturated rings. The van der Waals surface area contributed by atoms with Crippen LogP contribution in [0.3, 0.4) is 0 Å². The third-order valence-electron chi connectivity index (χ3n) is 2.04. The molecule has 1 rings (SSSR count). The van der Waals surface area contributed by atoms with Gasteiger partial charge in [-0.05, 0) is 18.6 Å². The van der Waals surface area contributed by atoms with Gasteiger partial charge in [-0.2, -0.15) is 0 Å². The number of nitro groups is 1. The average Bonchev–Trinajstić information content (AvgIpc) is 2.15. The molecule has 6 heteroatoms. The summed E-state index contributed by atoms with van der Waals surface area (Å²) in [6.45, 7) is 1.54. The molecule has 1 atom stereocenters. The van der Waals surface area contributed by atoms with Crippen LogP contribution in [0, 0.1) is 17.0 Å². The molecule has 0 spiro atoms. The average molecular weight is 210 g/mol. The number of hydrogen-bond acceptors (Lipinski definition) is 4. The van der Waals surface area contributed by atoms with E-state index in [2.05, 4.69) is 0 Å². The van der Waals surface area contributed by atoms with E-state index >= 15 is 0 Å². The van der Waals surface area contributed by atoms with Crippen molar-refractivity contribution in [2.24, 2.45) is 5.73 Å². The fourth-order valence-corrected chi connectivity index (χ4v) is 1.22. The second-order valence-corrected chi connectivity index (χ2v) is 3.12. The van der Waals surface area contributed by atoms with Gasteiger partial charge >= 0.3 is 5.97 Å². The minimum Gasteiger partial charge on any atom is -0.480 e. The van der Waals surface area contributed by atoms with E-state index in [0.29, 0.717) is 11.1 Å². The van der Waals surface area contributed by atoms with Crippen molar-refractivity contribution < 1.29 is 14.8 Å². The largest absolute Gasteiger partial charge is 0.480 e. The number of carboxylic acid groups (broad SMARTS) is 1. The lowest BCUT2D eigenvalue weighted by Crippen LogP contribution is -2.20. The van der Waals surface area contributed by atoms with Crippen molar-refractivity contribution in [2.45, 2.75) is 13.0 Å². The number of benzene rings is 1. The molecule has 0 heterocycles. The molecule has 0 saturated heterocycles. The number of rotatable bonds is 3. The number of nitrogens with two attached hydrogens (primary N) is 1. The van der Waals surface area contributed by atoms with Gasteiger partial charge in [0.1, 0.15) is 6.04 Å². The Morgan fingerprint density at radius 2 is 2.20 bits per heavy atom. The summed E-state index contributed by atoms with van der Waals surface area (Å²) >= 11 is 0. The molecule has 80 valence electrons. The van der Waals surface area contributed by atoms with Crippen LogP contribution in [0.15, 0.2) is 18.2 Å². The second-order valence-electron chi connectivity index (χ2n) is 3.12. The van der Waals surface area contributed by atoms with Gasteiger partial charge in [-0.15, -0.1) is 0 Å². The highest BCUT2D eigenvalue weighted by molar-refractivity contribution is 5.75. The predicted molar refractivity (Wildman–Crippen MR) is 52.4 cm³/mol. The zero-order valence-electron chi connectivity index (χ0n) is 8.01. The molecule has 1 unspecified atom stereocenters. The molecule has 1 aromatic carbocycles. The van der Waals surface area contributed by atoms with E-state index in [9.17, 15) is 14.9 Å². The molecule has 0 radical (unpaired) electrons. The molecule has 0 amide bonds. The summed E-state index contributed by atoms with van der Waals surface area (Å²) in [5.74, 6) is -1.16. The number of aliphatic carboxylic acids is 1. The Balaban J connectivity index is 3.12. The van der Waals surface area contributed by atoms with Crippen LogP contribution in [-0.2, 0) is 4.79 Å². The first-order valence-electron chi connectivity index (χ1n) is 4.17. The summed E-state index contributed by atoms with van der Waals surface area (Å²) in [6.07, 6.45) is 0. The van der Waals surface area contributed by atoms with Crippen molar-refractivity contribution in [1.29, 1.82) is 0 Å². The minimum absolute atomic E-state index is 0.0451. The third-order valence-corrected chi connectivity index (χ3v) is 2.04. The second kappa shape index (κ2) is 4.05. The van der Waals surface area contributed by atoms with Crippen LogP contribution in [0.1, 0.15) is 17.2 Å². The fourth-order valence-electron chi connectivity index (χ4n) is 1.22. The van der Waals surface area contributed by atoms with Gasteiger partial charge in [0, 0.05) is 11.6 Å². The number of nitro benzene ring substituents is 1. The predicted octanol–water partition coefficient (Wildman–Crippen LogP) is 0.988. The molecule has 6 nitrogen and oxygen atoms in total. The standard InChI is InChI=1S/C9H10N2O4/c1-5-4-6(8(10)9(12)13)2-3-7(5)11(14)15/h2-4,8H,10H2,1H3,(H,12,13). The molecule has 0 aliphatic carbocycles. The van der Waals surface area contributed by atoms with E-state index in [1.807, 2.05) is 0 Å². The first kappa shape index (κ1) is 11.1. The lowest BCUT2D eigenvalue weighted by atomic mass is 10.0. The van der Waals surface area contributed by atoms with Crippen molar-refractivity contribution in [1.82, 2.24) is 0 Å². The summed E-state index contributed by atoms with van der Waals surface area (Å²) in [5, 5.41) is 19.1. The molecule has 3 N–H and O–H groups in total. The third kappa shape index (κ3) is 2.29. The van der Waals surface area contributed by atoms with Gasteiger partial charge in [-0.1, -0.05) is 6.07 Å². The molecule has 0 aliphatic heterocycles. The quantitative estimate of drug-likeness (QED) is 0.571. The zero-order valence-corrected chi connectivity index (χ0v) is 8.01. The highest BCUT2D eigenvalue weighted by Crippen LogP contribution is 2.21. The summed E-state index contributed by atoms with van der Waals surface area (Å²) in [6, 6.07) is 2.87. The van der Waals surface area contributed by atoms with E-state index in [0.717, 1.165) is 0 Å². The molecule has 0 aromatic heterocycles. The first-order valence-corrected chi connectivity index (χ1v) is 4.17. The summed E-state index contributed by atoms with van der Waals surface area (Å²) < 4.78 is 0. The van der Waals surface area contributed by atoms with Crippen molar-refractivity contribution in [2.75, 3.05) is 0 Å². The molecular formula is C9H10N2O4. The van der Waals surface area contributed by atoms with Crippen LogP contribution < -0.4 is 5.73 Å². The highest BCUT2D eigenvalue weighted by Gasteiger charge is 2.17. The van der Waals surface area contributed by atoms with Crippen LogP contribution in [-0.4, -0.2) is 16.0 Å². The number of carboxylic acids is 1. The van der Waals surface area contributed by atoms with Gasteiger partial charge in [-0.25, -0.2) is 0 Å². The van der Waals surface area contributed by atoms with Crippen LogP contribution in [0.25, 0.3) is 0 Å². The van der Waals surface area contributed by atoms with Crippen LogP contribution in [0.2, 0.25) is 0 Å². The monoisotopic (exact) mass is 210 g/mol. The normalized spacial score (nSPS) is 12.1. The molecule has 0 saturated carbocycles. The molecule has 0 aliphatic rings. The Labute approximate surface area is 85.5 Å². The topological polar surface area (TPSA) is 106 Å². The van der Waals surface area contributed by atoms with Crippen LogP contribution in [0.4, 0.5) is 5.69 Å². The zero-order chi connectivity index (χ0) is 11.6. The molecule has 0 bridgehead atoms. The number of carbonyl (C=O) groups is 1. The minimum atomic E-state index is -1.16. The van der Waals surface area contributed by atoms with Crippen molar-refractivity contribution in [3.8, 4) is 0 Å². The van der Waals surface area contributed by atoms with Gasteiger partial charge < -0.3 is 10.8 Å². The van der Waals surface area contributed by atoms with Gasteiger partial charge in [-0.3, -0.25) is 14.9 Å². The van der Waals surface area contributed by atoms with Gasteiger partial charge in [0.25, 0.3) is 5.69 Å². The van der Waals surface area contributed by atoms with Crippen LogP contribution in [0.5, 0.6) is 0 Å². The number of aryl methyl sites for hydroxylation is 1. The maximum Gasteiger partial charge on any atom is 0.325 e. The summed E-state index contributed by atoms with van der Waals surface area (Å²) in [5.41, 5.74) is 6.07. The SMILES string of the molecule is Cc1cc(C(N)C(=O)O)ccc1[N+](=O)[O-]. The Morgan fingerprint density at radius 3 is 2.60 bits per heavy atom. The van der Waals surface area contributed by atoms with E-state index in [1.54, 1.807) is 0 Å². The number of nitrogens with zero attached hydrogens (tertiary/aromatic N) is 1. The molecular weight excluding hydrogens is 200 g/mol. The Kier molecular flexibility index (Phi) is 3.01. The molecule has 15 heavy (non-hydrogen) atoms. The summed E-state index contributed by atoms with van der Waals surface area (Å²) in [7, 11) is 0. The van der Waals surface area contributed by atoms with E-state index < -0.39 is 16.9 Å². The summed E-state index contributed by atoms with van der Waals surface area (Å²) in [4.78, 5) is 20.5. The smallest absolute Gasteiger partial charge is 0.325 e. The molecule has 1 aromatic rings.